The summed E-state index contributed by atoms with van der Waals surface area (Å²) in [5.41, 5.74) is 0.314. The quantitative estimate of drug-likeness (QED) is 0.720. The Hall–Kier alpha value is -2.08. The Kier molecular flexibility index (Phi) is 6.42. The van der Waals surface area contributed by atoms with Gasteiger partial charge in [0, 0.05) is 6.04 Å². The highest BCUT2D eigenvalue weighted by Gasteiger charge is 2.33. The third kappa shape index (κ3) is 4.95. The maximum atomic E-state index is 12.6. The number of carbonyl (C=O) groups is 3. The first-order valence-corrected chi connectivity index (χ1v) is 8.76. The van der Waals surface area contributed by atoms with Crippen molar-refractivity contribution in [1.82, 2.24) is 10.6 Å². The highest BCUT2D eigenvalue weighted by atomic mass is 35.5. The molecule has 0 aliphatic heterocycles. The van der Waals surface area contributed by atoms with E-state index in [4.69, 9.17) is 16.7 Å². The Morgan fingerprint density at radius 2 is 1.88 bits per heavy atom. The summed E-state index contributed by atoms with van der Waals surface area (Å²) in [7, 11) is 0. The van der Waals surface area contributed by atoms with Crippen LogP contribution < -0.4 is 10.6 Å². The fraction of sp³-hybridized carbons (Fsp3) is 0.500. The second kappa shape index (κ2) is 8.34. The van der Waals surface area contributed by atoms with Crippen LogP contribution in [0.1, 0.15) is 43.5 Å². The molecule has 1 aliphatic carbocycles. The number of hydrogen-bond acceptors (Lipinski definition) is 3. The Bertz CT molecular complexity index is 662. The number of halogens is 1. The van der Waals surface area contributed by atoms with Crippen LogP contribution in [0.4, 0.5) is 0 Å². The SMILES string of the molecule is CC(C)C(NC(=O)c1ccccc1Cl)C(=O)N[C@H]1CC[C@@H](C(=O)O)C1. The van der Waals surface area contributed by atoms with E-state index in [1.807, 2.05) is 13.8 Å². The van der Waals surface area contributed by atoms with E-state index >= 15 is 0 Å². The fourth-order valence-corrected chi connectivity index (χ4v) is 3.25. The zero-order valence-corrected chi connectivity index (χ0v) is 15.0. The predicted molar refractivity (Wildman–Crippen MR) is 94.5 cm³/mol. The third-order valence-electron chi connectivity index (χ3n) is 4.48. The van der Waals surface area contributed by atoms with Gasteiger partial charge < -0.3 is 15.7 Å². The van der Waals surface area contributed by atoms with Gasteiger partial charge in [0.25, 0.3) is 5.91 Å². The molecular weight excluding hydrogens is 344 g/mol. The number of carboxylic acid groups (broad SMARTS) is 1. The first kappa shape index (κ1) is 19.2. The number of amides is 2. The van der Waals surface area contributed by atoms with Crippen molar-refractivity contribution in [2.24, 2.45) is 11.8 Å². The number of nitrogens with one attached hydrogen (secondary N) is 2. The molecule has 3 N–H and O–H groups in total. The average Bonchev–Trinajstić information content (AvgIpc) is 3.01. The van der Waals surface area contributed by atoms with Gasteiger partial charge in [-0.2, -0.15) is 0 Å². The van der Waals surface area contributed by atoms with Gasteiger partial charge in [-0.15, -0.1) is 0 Å². The summed E-state index contributed by atoms with van der Waals surface area (Å²) in [6.45, 7) is 3.68. The molecule has 1 aliphatic rings. The van der Waals surface area contributed by atoms with Crippen LogP contribution in [-0.2, 0) is 9.59 Å². The van der Waals surface area contributed by atoms with E-state index in [2.05, 4.69) is 10.6 Å². The van der Waals surface area contributed by atoms with Crippen molar-refractivity contribution in [3.8, 4) is 0 Å². The first-order valence-electron chi connectivity index (χ1n) is 8.38. The number of hydrogen-bond donors (Lipinski definition) is 3. The van der Waals surface area contributed by atoms with Gasteiger partial charge in [-0.3, -0.25) is 14.4 Å². The van der Waals surface area contributed by atoms with Crippen LogP contribution in [0, 0.1) is 11.8 Å². The fourth-order valence-electron chi connectivity index (χ4n) is 3.03. The molecule has 25 heavy (non-hydrogen) atoms. The zero-order valence-electron chi connectivity index (χ0n) is 14.3. The van der Waals surface area contributed by atoms with Crippen LogP contribution >= 0.6 is 11.6 Å². The Morgan fingerprint density at radius 3 is 2.44 bits per heavy atom. The van der Waals surface area contributed by atoms with Crippen LogP contribution in [0.15, 0.2) is 24.3 Å². The molecule has 1 aromatic rings. The van der Waals surface area contributed by atoms with Crippen LogP contribution in [0.3, 0.4) is 0 Å². The molecule has 1 unspecified atom stereocenters. The third-order valence-corrected chi connectivity index (χ3v) is 4.81. The normalized spacial score (nSPS) is 21.0. The molecular formula is C18H23ClN2O4. The van der Waals surface area contributed by atoms with Crippen molar-refractivity contribution in [3.63, 3.8) is 0 Å². The van der Waals surface area contributed by atoms with E-state index < -0.39 is 23.8 Å². The summed E-state index contributed by atoms with van der Waals surface area (Å²) in [5, 5.41) is 15.0. The van der Waals surface area contributed by atoms with Crippen LogP contribution in [0.2, 0.25) is 5.02 Å². The predicted octanol–water partition coefficient (Wildman–Crippen LogP) is 2.46. The van der Waals surface area contributed by atoms with Gasteiger partial charge in [0.05, 0.1) is 16.5 Å². The summed E-state index contributed by atoms with van der Waals surface area (Å²) in [6.07, 6.45) is 1.61. The Labute approximate surface area is 151 Å². The van der Waals surface area contributed by atoms with Gasteiger partial charge in [-0.1, -0.05) is 37.6 Å². The molecule has 0 heterocycles. The number of carbonyl (C=O) groups excluding carboxylic acids is 2. The second-order valence-corrected chi connectivity index (χ2v) is 7.14. The van der Waals surface area contributed by atoms with Crippen molar-refractivity contribution in [3.05, 3.63) is 34.9 Å². The van der Waals surface area contributed by atoms with Crippen molar-refractivity contribution in [2.45, 2.75) is 45.2 Å². The van der Waals surface area contributed by atoms with Gasteiger partial charge in [-0.05, 0) is 37.3 Å². The molecule has 0 aromatic heterocycles. The topological polar surface area (TPSA) is 95.5 Å². The van der Waals surface area contributed by atoms with E-state index in [-0.39, 0.29) is 17.9 Å². The smallest absolute Gasteiger partial charge is 0.306 e. The van der Waals surface area contributed by atoms with Gasteiger partial charge in [0.1, 0.15) is 6.04 Å². The first-order chi connectivity index (χ1) is 11.8. The summed E-state index contributed by atoms with van der Waals surface area (Å²) in [4.78, 5) is 36.0. The molecule has 2 rings (SSSR count). The van der Waals surface area contributed by atoms with Crippen LogP contribution in [-0.4, -0.2) is 35.0 Å². The van der Waals surface area contributed by atoms with E-state index in [0.717, 1.165) is 0 Å². The minimum Gasteiger partial charge on any atom is -0.481 e. The van der Waals surface area contributed by atoms with E-state index in [1.165, 1.54) is 0 Å². The molecule has 2 amide bonds. The molecule has 7 heteroatoms. The number of carboxylic acids is 1. The van der Waals surface area contributed by atoms with Gasteiger partial charge >= 0.3 is 5.97 Å². The monoisotopic (exact) mass is 366 g/mol. The lowest BCUT2D eigenvalue weighted by atomic mass is 10.0. The lowest BCUT2D eigenvalue weighted by Gasteiger charge is -2.24. The Balaban J connectivity index is 2.00. The molecule has 1 fully saturated rings. The van der Waals surface area contributed by atoms with Crippen molar-refractivity contribution >= 4 is 29.4 Å². The molecule has 0 bridgehead atoms. The zero-order chi connectivity index (χ0) is 18.6. The molecule has 1 saturated carbocycles. The second-order valence-electron chi connectivity index (χ2n) is 6.73. The minimum absolute atomic E-state index is 0.122. The molecule has 3 atom stereocenters. The maximum absolute atomic E-state index is 12.6. The minimum atomic E-state index is -0.829. The van der Waals surface area contributed by atoms with E-state index in [9.17, 15) is 14.4 Å². The molecule has 1 aromatic carbocycles. The van der Waals surface area contributed by atoms with E-state index in [0.29, 0.717) is 29.8 Å². The Morgan fingerprint density at radius 1 is 1.20 bits per heavy atom. The summed E-state index contributed by atoms with van der Waals surface area (Å²) in [5.74, 6) is -2.08. The van der Waals surface area contributed by atoms with Gasteiger partial charge in [0.15, 0.2) is 0 Å². The molecule has 6 nitrogen and oxygen atoms in total. The van der Waals surface area contributed by atoms with Crippen molar-refractivity contribution in [2.75, 3.05) is 0 Å². The highest BCUT2D eigenvalue weighted by Crippen LogP contribution is 2.26. The maximum Gasteiger partial charge on any atom is 0.306 e. The van der Waals surface area contributed by atoms with E-state index in [1.54, 1.807) is 24.3 Å². The largest absolute Gasteiger partial charge is 0.481 e. The standard InChI is InChI=1S/C18H23ClN2O4/c1-10(2)15(21-16(22)13-5-3-4-6-14(13)19)17(23)20-12-8-7-11(9-12)18(24)25/h3-6,10-12,15H,7-9H2,1-2H3,(H,20,23)(H,21,22)(H,24,25)/t11-,12+,15?/m1/s1. The molecule has 136 valence electrons. The van der Waals surface area contributed by atoms with Crippen molar-refractivity contribution in [1.29, 1.82) is 0 Å². The highest BCUT2D eigenvalue weighted by molar-refractivity contribution is 6.33. The summed E-state index contributed by atoms with van der Waals surface area (Å²) < 4.78 is 0. The molecule has 0 spiro atoms. The average molecular weight is 367 g/mol. The number of rotatable bonds is 6. The number of benzene rings is 1. The van der Waals surface area contributed by atoms with Gasteiger partial charge in [-0.25, -0.2) is 0 Å². The molecule has 0 radical (unpaired) electrons. The number of aliphatic carboxylic acids is 1. The summed E-state index contributed by atoms with van der Waals surface area (Å²) >= 11 is 6.03. The lowest BCUT2D eigenvalue weighted by molar-refractivity contribution is -0.141. The van der Waals surface area contributed by atoms with Crippen molar-refractivity contribution < 1.29 is 19.5 Å². The molecule has 0 saturated heterocycles. The summed E-state index contributed by atoms with van der Waals surface area (Å²) in [6, 6.07) is 5.76. The lowest BCUT2D eigenvalue weighted by Crippen LogP contribution is -2.51. The van der Waals surface area contributed by atoms with Crippen LogP contribution in [0.5, 0.6) is 0 Å². The van der Waals surface area contributed by atoms with Crippen LogP contribution in [0.25, 0.3) is 0 Å². The van der Waals surface area contributed by atoms with Gasteiger partial charge in [0.2, 0.25) is 5.91 Å².